The summed E-state index contributed by atoms with van der Waals surface area (Å²) in [5, 5.41) is 1.19. The van der Waals surface area contributed by atoms with Crippen LogP contribution in [0.2, 0.25) is 0 Å². The fourth-order valence-corrected chi connectivity index (χ4v) is 2.47. The minimum absolute atomic E-state index is 0.437. The minimum atomic E-state index is -3.10. The van der Waals surface area contributed by atoms with Gasteiger partial charge < -0.3 is 4.57 Å². The number of sulfonamides is 1. The highest BCUT2D eigenvalue weighted by Gasteiger charge is 2.06. The molecular weight excluding hydrogens is 236 g/mol. The number of fused-ring (bicyclic) bond motifs is 1. The lowest BCUT2D eigenvalue weighted by atomic mass is 10.1. The van der Waals surface area contributed by atoms with E-state index in [1.165, 1.54) is 22.7 Å². The predicted molar refractivity (Wildman–Crippen MR) is 69.5 cm³/mol. The molecule has 0 fully saturated rings. The van der Waals surface area contributed by atoms with E-state index in [9.17, 15) is 8.42 Å². The minimum Gasteiger partial charge on any atom is -0.350 e. The Balaban J connectivity index is 2.19. The molecule has 0 bridgehead atoms. The van der Waals surface area contributed by atoms with E-state index in [0.29, 0.717) is 13.0 Å². The van der Waals surface area contributed by atoms with Gasteiger partial charge in [-0.05, 0) is 18.1 Å². The van der Waals surface area contributed by atoms with Crippen LogP contribution in [0.5, 0.6) is 0 Å². The van der Waals surface area contributed by atoms with Crippen molar-refractivity contribution in [3.8, 4) is 0 Å². The Hall–Kier alpha value is -1.33. The maximum atomic E-state index is 11.0. The number of aromatic nitrogens is 1. The van der Waals surface area contributed by atoms with E-state index < -0.39 is 10.0 Å². The van der Waals surface area contributed by atoms with Gasteiger partial charge >= 0.3 is 0 Å². The molecule has 0 amide bonds. The van der Waals surface area contributed by atoms with Crippen LogP contribution in [-0.4, -0.2) is 25.8 Å². The van der Waals surface area contributed by atoms with Gasteiger partial charge in [-0.15, -0.1) is 0 Å². The molecule has 1 N–H and O–H groups in total. The molecular formula is C12H16N2O2S. The lowest BCUT2D eigenvalue weighted by Crippen LogP contribution is -2.24. The first-order valence-electron chi connectivity index (χ1n) is 5.45. The Morgan fingerprint density at radius 1 is 1.29 bits per heavy atom. The zero-order valence-electron chi connectivity index (χ0n) is 9.97. The Morgan fingerprint density at radius 3 is 2.71 bits per heavy atom. The number of nitrogens with one attached hydrogen (secondary N) is 1. The smallest absolute Gasteiger partial charge is 0.208 e. The van der Waals surface area contributed by atoms with Gasteiger partial charge in [0.05, 0.1) is 6.26 Å². The maximum absolute atomic E-state index is 11.0. The molecule has 0 saturated carbocycles. The summed E-state index contributed by atoms with van der Waals surface area (Å²) in [5.74, 6) is 0. The van der Waals surface area contributed by atoms with Crippen LogP contribution in [0, 0.1) is 0 Å². The average Bonchev–Trinajstić information content (AvgIpc) is 2.55. The lowest BCUT2D eigenvalue weighted by molar-refractivity contribution is 0.588. The molecule has 0 radical (unpaired) electrons. The third-order valence-corrected chi connectivity index (χ3v) is 3.47. The van der Waals surface area contributed by atoms with Gasteiger partial charge in [0.1, 0.15) is 0 Å². The summed E-state index contributed by atoms with van der Waals surface area (Å²) in [5.41, 5.74) is 2.33. The van der Waals surface area contributed by atoms with E-state index in [-0.39, 0.29) is 0 Å². The highest BCUT2D eigenvalue weighted by molar-refractivity contribution is 7.88. The number of para-hydroxylation sites is 1. The third-order valence-electron chi connectivity index (χ3n) is 2.74. The second-order valence-electron chi connectivity index (χ2n) is 4.20. The van der Waals surface area contributed by atoms with Crippen LogP contribution in [0.15, 0.2) is 30.5 Å². The summed E-state index contributed by atoms with van der Waals surface area (Å²) in [6, 6.07) is 8.12. The van der Waals surface area contributed by atoms with Crippen molar-refractivity contribution in [3.63, 3.8) is 0 Å². The molecule has 0 saturated heterocycles. The third kappa shape index (κ3) is 2.87. The molecule has 1 aromatic carbocycles. The second-order valence-corrected chi connectivity index (χ2v) is 6.03. The number of aryl methyl sites for hydroxylation is 1. The summed E-state index contributed by atoms with van der Waals surface area (Å²) in [4.78, 5) is 0. The molecule has 0 atom stereocenters. The first-order valence-corrected chi connectivity index (χ1v) is 7.34. The van der Waals surface area contributed by atoms with Crippen LogP contribution in [0.3, 0.4) is 0 Å². The van der Waals surface area contributed by atoms with Crippen LogP contribution < -0.4 is 4.72 Å². The van der Waals surface area contributed by atoms with E-state index in [1.54, 1.807) is 0 Å². The molecule has 2 aromatic rings. The molecule has 0 unspecified atom stereocenters. The topological polar surface area (TPSA) is 51.1 Å². The molecule has 92 valence electrons. The van der Waals surface area contributed by atoms with E-state index in [2.05, 4.69) is 27.6 Å². The maximum Gasteiger partial charge on any atom is 0.208 e. The Labute approximate surface area is 101 Å². The van der Waals surface area contributed by atoms with Gasteiger partial charge in [-0.3, -0.25) is 0 Å². The lowest BCUT2D eigenvalue weighted by Gasteiger charge is -2.01. The number of rotatable bonds is 4. The summed E-state index contributed by atoms with van der Waals surface area (Å²) < 4.78 is 26.5. The van der Waals surface area contributed by atoms with Crippen molar-refractivity contribution < 1.29 is 8.42 Å². The van der Waals surface area contributed by atoms with Gasteiger partial charge in [0.15, 0.2) is 0 Å². The van der Waals surface area contributed by atoms with Crippen LogP contribution in [0.1, 0.15) is 5.56 Å². The Bertz CT molecular complexity index is 629. The SMILES string of the molecule is Cn1cc(CCNS(C)(=O)=O)c2ccccc21. The van der Waals surface area contributed by atoms with Gasteiger partial charge in [-0.25, -0.2) is 13.1 Å². The van der Waals surface area contributed by atoms with Crippen molar-refractivity contribution in [2.45, 2.75) is 6.42 Å². The van der Waals surface area contributed by atoms with Gasteiger partial charge in [-0.2, -0.15) is 0 Å². The van der Waals surface area contributed by atoms with Gasteiger partial charge in [0.2, 0.25) is 10.0 Å². The Kier molecular flexibility index (Phi) is 3.22. The summed E-state index contributed by atoms with van der Waals surface area (Å²) >= 11 is 0. The Morgan fingerprint density at radius 2 is 2.00 bits per heavy atom. The van der Waals surface area contributed by atoms with Crippen LogP contribution in [0.25, 0.3) is 10.9 Å². The zero-order chi connectivity index (χ0) is 12.5. The molecule has 0 aliphatic rings. The van der Waals surface area contributed by atoms with Gasteiger partial charge in [0, 0.05) is 30.7 Å². The molecule has 0 aliphatic heterocycles. The number of hydrogen-bond acceptors (Lipinski definition) is 2. The quantitative estimate of drug-likeness (QED) is 0.891. The van der Waals surface area contributed by atoms with Crippen molar-refractivity contribution in [1.82, 2.24) is 9.29 Å². The van der Waals surface area contributed by atoms with Gasteiger partial charge in [-0.1, -0.05) is 18.2 Å². The number of benzene rings is 1. The first-order chi connectivity index (χ1) is 7.97. The molecule has 1 heterocycles. The molecule has 0 aliphatic carbocycles. The van der Waals surface area contributed by atoms with Crippen molar-refractivity contribution >= 4 is 20.9 Å². The van der Waals surface area contributed by atoms with Crippen molar-refractivity contribution in [2.75, 3.05) is 12.8 Å². The fourth-order valence-electron chi connectivity index (χ4n) is 2.00. The van der Waals surface area contributed by atoms with E-state index >= 15 is 0 Å². The van der Waals surface area contributed by atoms with Crippen LogP contribution in [-0.2, 0) is 23.5 Å². The first kappa shape index (κ1) is 12.1. The fraction of sp³-hybridized carbons (Fsp3) is 0.333. The monoisotopic (exact) mass is 252 g/mol. The number of nitrogens with zero attached hydrogens (tertiary/aromatic N) is 1. The molecule has 1 aromatic heterocycles. The largest absolute Gasteiger partial charge is 0.350 e. The second kappa shape index (κ2) is 4.50. The van der Waals surface area contributed by atoms with E-state index in [0.717, 1.165) is 0 Å². The number of hydrogen-bond donors (Lipinski definition) is 1. The van der Waals surface area contributed by atoms with Crippen molar-refractivity contribution in [1.29, 1.82) is 0 Å². The van der Waals surface area contributed by atoms with Crippen LogP contribution >= 0.6 is 0 Å². The molecule has 17 heavy (non-hydrogen) atoms. The highest BCUT2D eigenvalue weighted by atomic mass is 32.2. The highest BCUT2D eigenvalue weighted by Crippen LogP contribution is 2.20. The zero-order valence-corrected chi connectivity index (χ0v) is 10.8. The van der Waals surface area contributed by atoms with Gasteiger partial charge in [0.25, 0.3) is 0 Å². The van der Waals surface area contributed by atoms with Crippen LogP contribution in [0.4, 0.5) is 0 Å². The summed E-state index contributed by atoms with van der Waals surface area (Å²) in [7, 11) is -1.10. The average molecular weight is 252 g/mol. The normalized spacial score (nSPS) is 12.1. The standard InChI is InChI=1S/C12H16N2O2S/c1-14-9-10(7-8-13-17(2,15)16)11-5-3-4-6-12(11)14/h3-6,9,13H,7-8H2,1-2H3. The van der Waals surface area contributed by atoms with Crippen molar-refractivity contribution in [2.24, 2.45) is 7.05 Å². The molecule has 0 spiro atoms. The predicted octanol–water partition coefficient (Wildman–Crippen LogP) is 1.27. The molecule has 5 heteroatoms. The summed E-state index contributed by atoms with van der Waals surface area (Å²) in [6.45, 7) is 0.437. The van der Waals surface area contributed by atoms with Crippen molar-refractivity contribution in [3.05, 3.63) is 36.0 Å². The summed E-state index contributed by atoms with van der Waals surface area (Å²) in [6.07, 6.45) is 3.93. The molecule has 4 nitrogen and oxygen atoms in total. The van der Waals surface area contributed by atoms with E-state index in [4.69, 9.17) is 0 Å². The van der Waals surface area contributed by atoms with E-state index in [1.807, 2.05) is 19.2 Å². The molecule has 2 rings (SSSR count).